The fraction of sp³-hybridized carbons (Fsp3) is 0.333. The number of ether oxygens (including phenoxy) is 1. The fourth-order valence-electron chi connectivity index (χ4n) is 3.11. The molecule has 1 atom stereocenters. The van der Waals surface area contributed by atoms with Crippen molar-refractivity contribution in [1.29, 1.82) is 0 Å². The number of aliphatic hydroxyl groups excluding tert-OH is 1. The van der Waals surface area contributed by atoms with Crippen molar-refractivity contribution in [1.82, 2.24) is 14.9 Å². The number of anilines is 1. The number of carbonyl (C=O) groups is 1. The lowest BCUT2D eigenvalue weighted by Crippen LogP contribution is -2.34. The first kappa shape index (κ1) is 22.2. The van der Waals surface area contributed by atoms with Crippen LogP contribution in [0.4, 0.5) is 10.5 Å². The van der Waals surface area contributed by atoms with Gasteiger partial charge in [-0.1, -0.05) is 35.3 Å². The van der Waals surface area contributed by atoms with Crippen LogP contribution < -0.4 is 11.1 Å². The van der Waals surface area contributed by atoms with Crippen LogP contribution in [-0.4, -0.2) is 32.9 Å². The zero-order valence-corrected chi connectivity index (χ0v) is 18.5. The number of nitrogens with two attached hydrogens (primary N) is 1. The van der Waals surface area contributed by atoms with Crippen LogP contribution in [-0.2, 0) is 11.3 Å². The highest BCUT2D eigenvalue weighted by molar-refractivity contribution is 6.35. The summed E-state index contributed by atoms with van der Waals surface area (Å²) in [6.45, 7) is 5.95. The molecule has 0 radical (unpaired) electrons. The molecule has 1 amide bonds. The van der Waals surface area contributed by atoms with E-state index < -0.39 is 17.8 Å². The molecule has 0 aliphatic carbocycles. The predicted octanol–water partition coefficient (Wildman–Crippen LogP) is 4.53. The smallest absolute Gasteiger partial charge is 0.407 e. The average molecular weight is 451 g/mol. The molecule has 160 valence electrons. The van der Waals surface area contributed by atoms with Gasteiger partial charge in [-0.25, -0.2) is 9.78 Å². The van der Waals surface area contributed by atoms with Gasteiger partial charge >= 0.3 is 6.09 Å². The van der Waals surface area contributed by atoms with Crippen molar-refractivity contribution in [3.63, 3.8) is 0 Å². The van der Waals surface area contributed by atoms with Crippen molar-refractivity contribution < 1.29 is 14.6 Å². The van der Waals surface area contributed by atoms with E-state index in [1.54, 1.807) is 55.7 Å². The standard InChI is InChI=1S/C21H24Cl2N4O3/c1-21(2,3)30-20(29)25-9-10-27-17-15(24)5-4-6-16(17)26-19(27)18(28)13-8-7-12(22)11-14(13)23/h4-8,11,18,28H,9-10,24H2,1-3H3,(H,25,29). The molecule has 0 bridgehead atoms. The Balaban J connectivity index is 1.93. The predicted molar refractivity (Wildman–Crippen MR) is 119 cm³/mol. The van der Waals surface area contributed by atoms with Gasteiger partial charge in [-0.15, -0.1) is 0 Å². The number of halogens is 2. The van der Waals surface area contributed by atoms with Gasteiger partial charge in [-0.3, -0.25) is 0 Å². The second-order valence-electron chi connectivity index (χ2n) is 7.83. The molecule has 0 aliphatic heterocycles. The molecule has 0 aliphatic rings. The summed E-state index contributed by atoms with van der Waals surface area (Å²) >= 11 is 12.3. The van der Waals surface area contributed by atoms with Gasteiger partial charge in [-0.2, -0.15) is 0 Å². The molecule has 0 spiro atoms. The molecule has 1 unspecified atom stereocenters. The van der Waals surface area contributed by atoms with Crippen LogP contribution in [0.1, 0.15) is 38.3 Å². The van der Waals surface area contributed by atoms with Crippen LogP contribution in [0.15, 0.2) is 36.4 Å². The maximum absolute atomic E-state index is 12.0. The van der Waals surface area contributed by atoms with E-state index in [1.165, 1.54) is 0 Å². The van der Waals surface area contributed by atoms with Crippen LogP contribution in [0.25, 0.3) is 11.0 Å². The maximum Gasteiger partial charge on any atom is 0.407 e. The molecule has 1 aromatic heterocycles. The number of aromatic nitrogens is 2. The van der Waals surface area contributed by atoms with Gasteiger partial charge in [0.2, 0.25) is 0 Å². The molecule has 4 N–H and O–H groups in total. The van der Waals surface area contributed by atoms with Gasteiger partial charge in [0.05, 0.1) is 16.7 Å². The van der Waals surface area contributed by atoms with Crippen LogP contribution in [0.2, 0.25) is 10.0 Å². The van der Waals surface area contributed by atoms with Gasteiger partial charge in [-0.05, 0) is 45.0 Å². The molecular weight excluding hydrogens is 427 g/mol. The lowest BCUT2D eigenvalue weighted by molar-refractivity contribution is 0.0526. The minimum Gasteiger partial charge on any atom is -0.444 e. The van der Waals surface area contributed by atoms with Crippen molar-refractivity contribution in [2.45, 2.75) is 39.0 Å². The molecule has 9 heteroatoms. The first-order valence-corrected chi connectivity index (χ1v) is 10.2. The van der Waals surface area contributed by atoms with E-state index in [1.807, 2.05) is 6.07 Å². The summed E-state index contributed by atoms with van der Waals surface area (Å²) in [5.74, 6) is 0.359. The number of nitrogens with one attached hydrogen (secondary N) is 1. The molecule has 3 aromatic rings. The van der Waals surface area contributed by atoms with Crippen molar-refractivity contribution in [3.8, 4) is 0 Å². The molecule has 1 heterocycles. The Hall–Kier alpha value is -2.48. The molecule has 0 fully saturated rings. The third-order valence-electron chi connectivity index (χ3n) is 4.33. The minimum atomic E-state index is -1.11. The van der Waals surface area contributed by atoms with E-state index in [-0.39, 0.29) is 6.54 Å². The number of para-hydroxylation sites is 1. The number of imidazole rings is 1. The number of amides is 1. The Labute approximate surface area is 184 Å². The largest absolute Gasteiger partial charge is 0.444 e. The van der Waals surface area contributed by atoms with Crippen LogP contribution >= 0.6 is 23.2 Å². The molecule has 3 rings (SSSR count). The van der Waals surface area contributed by atoms with Crippen molar-refractivity contribution in [2.75, 3.05) is 12.3 Å². The average Bonchev–Trinajstić information content (AvgIpc) is 3.00. The van der Waals surface area contributed by atoms with Gasteiger partial charge < -0.3 is 25.5 Å². The first-order chi connectivity index (χ1) is 14.1. The van der Waals surface area contributed by atoms with Crippen molar-refractivity contribution >= 4 is 46.0 Å². The van der Waals surface area contributed by atoms with Crippen LogP contribution in [0, 0.1) is 0 Å². The van der Waals surface area contributed by atoms with E-state index in [0.29, 0.717) is 44.7 Å². The number of nitrogen functional groups attached to an aromatic ring is 1. The van der Waals surface area contributed by atoms with Gasteiger partial charge in [0.1, 0.15) is 17.5 Å². The Bertz CT molecular complexity index is 1080. The quantitative estimate of drug-likeness (QED) is 0.495. The summed E-state index contributed by atoms with van der Waals surface area (Å²) in [6, 6.07) is 10.2. The summed E-state index contributed by atoms with van der Waals surface area (Å²) < 4.78 is 7.04. The molecule has 0 saturated heterocycles. The lowest BCUT2D eigenvalue weighted by Gasteiger charge is -2.20. The number of alkyl carbamates (subject to hydrolysis) is 1. The third-order valence-corrected chi connectivity index (χ3v) is 4.90. The summed E-state index contributed by atoms with van der Waals surface area (Å²) in [4.78, 5) is 16.5. The van der Waals surface area contributed by atoms with Gasteiger partial charge in [0.25, 0.3) is 0 Å². The highest BCUT2D eigenvalue weighted by Crippen LogP contribution is 2.33. The summed E-state index contributed by atoms with van der Waals surface area (Å²) in [6.07, 6.45) is -1.63. The lowest BCUT2D eigenvalue weighted by atomic mass is 10.1. The first-order valence-electron chi connectivity index (χ1n) is 9.41. The van der Waals surface area contributed by atoms with E-state index in [2.05, 4.69) is 10.3 Å². The van der Waals surface area contributed by atoms with E-state index in [4.69, 9.17) is 33.7 Å². The Kier molecular flexibility index (Phi) is 6.45. The van der Waals surface area contributed by atoms with E-state index in [0.717, 1.165) is 0 Å². The van der Waals surface area contributed by atoms with E-state index in [9.17, 15) is 9.90 Å². The number of aliphatic hydroxyl groups is 1. The van der Waals surface area contributed by atoms with Crippen molar-refractivity contribution in [3.05, 3.63) is 57.8 Å². The normalized spacial score (nSPS) is 12.7. The summed E-state index contributed by atoms with van der Waals surface area (Å²) in [5.41, 5.74) is 7.86. The Morgan fingerprint density at radius 3 is 2.70 bits per heavy atom. The Morgan fingerprint density at radius 1 is 1.30 bits per heavy atom. The molecular formula is C21H24Cl2N4O3. The SMILES string of the molecule is CC(C)(C)OC(=O)NCCn1c(C(O)c2ccc(Cl)cc2Cl)nc2cccc(N)c21. The number of benzene rings is 2. The second kappa shape index (κ2) is 8.71. The molecule has 2 aromatic carbocycles. The van der Waals surface area contributed by atoms with Crippen LogP contribution in [0.5, 0.6) is 0 Å². The van der Waals surface area contributed by atoms with E-state index >= 15 is 0 Å². The zero-order valence-electron chi connectivity index (χ0n) is 16.9. The topological polar surface area (TPSA) is 102 Å². The molecule has 7 nitrogen and oxygen atoms in total. The van der Waals surface area contributed by atoms with Gasteiger partial charge in [0, 0.05) is 28.7 Å². The summed E-state index contributed by atoms with van der Waals surface area (Å²) in [7, 11) is 0. The monoisotopic (exact) mass is 450 g/mol. The number of hydrogen-bond donors (Lipinski definition) is 3. The molecule has 0 saturated carbocycles. The number of fused-ring (bicyclic) bond motifs is 1. The van der Waals surface area contributed by atoms with Gasteiger partial charge in [0.15, 0.2) is 0 Å². The van der Waals surface area contributed by atoms with Crippen LogP contribution in [0.3, 0.4) is 0 Å². The molecule has 30 heavy (non-hydrogen) atoms. The summed E-state index contributed by atoms with van der Waals surface area (Å²) in [5, 5.41) is 14.5. The highest BCUT2D eigenvalue weighted by atomic mass is 35.5. The number of rotatable bonds is 5. The zero-order chi connectivity index (χ0) is 22.1. The van der Waals surface area contributed by atoms with Crippen molar-refractivity contribution in [2.24, 2.45) is 0 Å². The maximum atomic E-state index is 12.0. The second-order valence-corrected chi connectivity index (χ2v) is 8.68. The minimum absolute atomic E-state index is 0.253. The number of carbonyl (C=O) groups excluding carboxylic acids is 1. The Morgan fingerprint density at radius 2 is 2.03 bits per heavy atom. The number of nitrogens with zero attached hydrogens (tertiary/aromatic N) is 2. The fourth-order valence-corrected chi connectivity index (χ4v) is 3.62. The number of hydrogen-bond acceptors (Lipinski definition) is 5. The highest BCUT2D eigenvalue weighted by Gasteiger charge is 2.23. The third kappa shape index (κ3) is 4.98.